The fourth-order valence-electron chi connectivity index (χ4n) is 3.25. The summed E-state index contributed by atoms with van der Waals surface area (Å²) in [5.74, 6) is 0.815. The largest absolute Gasteiger partial charge is 0.492 e. The lowest BCUT2D eigenvalue weighted by molar-refractivity contribution is 0.259. The Kier molecular flexibility index (Phi) is 4.22. The van der Waals surface area contributed by atoms with Gasteiger partial charge in [0.05, 0.1) is 10.4 Å². The first kappa shape index (κ1) is 17.4. The zero-order valence-corrected chi connectivity index (χ0v) is 16.1. The minimum Gasteiger partial charge on any atom is -0.492 e. The standard InChI is InChI=1S/C19H19ClN2O3S/c1-13-3-4-14(11-17(13)20)26(23,24)22-8-7-15-16-12-21(2)9-10-25-19(16)6-5-18(15)22/h3-8,11H,9-10,12H2,1-2H3. The van der Waals surface area contributed by atoms with Crippen LogP contribution in [-0.2, 0) is 16.6 Å². The summed E-state index contributed by atoms with van der Waals surface area (Å²) < 4.78 is 33.4. The Labute approximate surface area is 157 Å². The molecular weight excluding hydrogens is 372 g/mol. The van der Waals surface area contributed by atoms with Crippen LogP contribution in [0, 0.1) is 6.92 Å². The minimum atomic E-state index is -3.73. The highest BCUT2D eigenvalue weighted by molar-refractivity contribution is 7.90. The topological polar surface area (TPSA) is 51.5 Å². The SMILES string of the molecule is Cc1ccc(S(=O)(=O)n2ccc3c4c(ccc32)OCCN(C)C4)cc1Cl. The number of rotatable bonds is 2. The van der Waals surface area contributed by atoms with Crippen LogP contribution in [0.4, 0.5) is 0 Å². The first-order chi connectivity index (χ1) is 12.4. The third-order valence-electron chi connectivity index (χ3n) is 4.76. The Balaban J connectivity index is 1.89. The van der Waals surface area contributed by atoms with E-state index in [0.29, 0.717) is 23.7 Å². The van der Waals surface area contributed by atoms with Crippen molar-refractivity contribution >= 4 is 32.5 Å². The number of hydrogen-bond donors (Lipinski definition) is 0. The van der Waals surface area contributed by atoms with Gasteiger partial charge < -0.3 is 4.74 Å². The van der Waals surface area contributed by atoms with E-state index in [0.717, 1.165) is 28.8 Å². The van der Waals surface area contributed by atoms with Crippen LogP contribution >= 0.6 is 11.6 Å². The summed E-state index contributed by atoms with van der Waals surface area (Å²) in [7, 11) is -1.71. The smallest absolute Gasteiger partial charge is 0.268 e. The highest BCUT2D eigenvalue weighted by atomic mass is 35.5. The van der Waals surface area contributed by atoms with Crippen molar-refractivity contribution in [3.63, 3.8) is 0 Å². The average molecular weight is 391 g/mol. The van der Waals surface area contributed by atoms with Crippen molar-refractivity contribution in [2.75, 3.05) is 20.2 Å². The summed E-state index contributed by atoms with van der Waals surface area (Å²) in [6, 6.07) is 10.3. The van der Waals surface area contributed by atoms with Crippen LogP contribution in [-0.4, -0.2) is 37.5 Å². The van der Waals surface area contributed by atoms with Gasteiger partial charge in [0, 0.05) is 35.3 Å². The van der Waals surface area contributed by atoms with Gasteiger partial charge in [-0.2, -0.15) is 0 Å². The van der Waals surface area contributed by atoms with Gasteiger partial charge in [0.2, 0.25) is 0 Å². The Morgan fingerprint density at radius 3 is 2.73 bits per heavy atom. The molecule has 0 unspecified atom stereocenters. The maximum atomic E-state index is 13.1. The van der Waals surface area contributed by atoms with Gasteiger partial charge in [0.15, 0.2) is 0 Å². The fraction of sp³-hybridized carbons (Fsp3) is 0.263. The zero-order chi connectivity index (χ0) is 18.5. The fourth-order valence-corrected chi connectivity index (χ4v) is 4.87. The lowest BCUT2D eigenvalue weighted by Crippen LogP contribution is -2.20. The van der Waals surface area contributed by atoms with Crippen molar-refractivity contribution in [2.24, 2.45) is 0 Å². The van der Waals surface area contributed by atoms with Gasteiger partial charge in [0.1, 0.15) is 12.4 Å². The van der Waals surface area contributed by atoms with Crippen molar-refractivity contribution in [2.45, 2.75) is 18.4 Å². The number of benzene rings is 2. The monoisotopic (exact) mass is 390 g/mol. The number of likely N-dealkylation sites (N-methyl/N-ethyl adjacent to an activating group) is 1. The van der Waals surface area contributed by atoms with E-state index in [4.69, 9.17) is 16.3 Å². The highest BCUT2D eigenvalue weighted by Gasteiger charge is 2.23. The summed E-state index contributed by atoms with van der Waals surface area (Å²) in [5.41, 5.74) is 2.49. The molecule has 4 rings (SSSR count). The van der Waals surface area contributed by atoms with Crippen molar-refractivity contribution in [1.82, 2.24) is 8.87 Å². The normalized spacial score (nSPS) is 15.5. The highest BCUT2D eigenvalue weighted by Crippen LogP contribution is 2.33. The van der Waals surface area contributed by atoms with Crippen LogP contribution in [0.5, 0.6) is 5.75 Å². The van der Waals surface area contributed by atoms with Crippen LogP contribution in [0.3, 0.4) is 0 Å². The molecule has 0 aliphatic carbocycles. The summed E-state index contributed by atoms with van der Waals surface area (Å²) in [4.78, 5) is 2.34. The van der Waals surface area contributed by atoms with Gasteiger partial charge in [-0.1, -0.05) is 17.7 Å². The molecule has 5 nitrogen and oxygen atoms in total. The van der Waals surface area contributed by atoms with Crippen LogP contribution in [0.15, 0.2) is 47.5 Å². The van der Waals surface area contributed by atoms with Crippen molar-refractivity contribution in [3.05, 3.63) is 58.7 Å². The molecule has 0 saturated carbocycles. The molecule has 0 atom stereocenters. The molecular formula is C19H19ClN2O3S. The molecule has 0 radical (unpaired) electrons. The Hall–Kier alpha value is -2.02. The first-order valence-electron chi connectivity index (χ1n) is 8.34. The number of nitrogens with zero attached hydrogens (tertiary/aromatic N) is 2. The van der Waals surface area contributed by atoms with E-state index < -0.39 is 10.0 Å². The maximum Gasteiger partial charge on any atom is 0.268 e. The van der Waals surface area contributed by atoms with E-state index in [1.807, 2.05) is 26.1 Å². The van der Waals surface area contributed by atoms with E-state index in [1.54, 1.807) is 24.4 Å². The van der Waals surface area contributed by atoms with Crippen LogP contribution in [0.2, 0.25) is 5.02 Å². The third kappa shape index (κ3) is 2.78. The molecule has 7 heteroatoms. The van der Waals surface area contributed by atoms with E-state index in [2.05, 4.69) is 4.90 Å². The van der Waals surface area contributed by atoms with Gasteiger partial charge in [-0.3, -0.25) is 4.90 Å². The number of ether oxygens (including phenoxy) is 1. The Morgan fingerprint density at radius 1 is 1.15 bits per heavy atom. The second kappa shape index (κ2) is 6.30. The second-order valence-electron chi connectivity index (χ2n) is 6.59. The first-order valence-corrected chi connectivity index (χ1v) is 10.2. The number of fused-ring (bicyclic) bond motifs is 3. The predicted octanol–water partition coefficient (Wildman–Crippen LogP) is 3.66. The van der Waals surface area contributed by atoms with Gasteiger partial charge in [-0.05, 0) is 49.9 Å². The lowest BCUT2D eigenvalue weighted by Gasteiger charge is -2.13. The average Bonchev–Trinajstić information content (AvgIpc) is 2.95. The van der Waals surface area contributed by atoms with Gasteiger partial charge in [0.25, 0.3) is 10.0 Å². The Bertz CT molecular complexity index is 1110. The Morgan fingerprint density at radius 2 is 1.96 bits per heavy atom. The number of aromatic nitrogens is 1. The van der Waals surface area contributed by atoms with Crippen LogP contribution in [0.25, 0.3) is 10.9 Å². The summed E-state index contributed by atoms with van der Waals surface area (Å²) in [5, 5.41) is 1.32. The minimum absolute atomic E-state index is 0.175. The van der Waals surface area contributed by atoms with E-state index in [-0.39, 0.29) is 4.90 Å². The van der Waals surface area contributed by atoms with E-state index in [9.17, 15) is 8.42 Å². The predicted molar refractivity (Wildman–Crippen MR) is 103 cm³/mol. The van der Waals surface area contributed by atoms with Crippen molar-refractivity contribution in [3.8, 4) is 5.75 Å². The molecule has 2 aromatic carbocycles. The summed E-state index contributed by atoms with van der Waals surface area (Å²) in [6.45, 7) is 4.01. The molecule has 3 aromatic rings. The number of hydrogen-bond acceptors (Lipinski definition) is 4. The molecule has 0 fully saturated rings. The third-order valence-corrected chi connectivity index (χ3v) is 6.86. The van der Waals surface area contributed by atoms with E-state index >= 15 is 0 Å². The molecule has 0 amide bonds. The number of aryl methyl sites for hydroxylation is 1. The zero-order valence-electron chi connectivity index (χ0n) is 14.6. The molecule has 0 N–H and O–H groups in total. The molecule has 0 spiro atoms. The second-order valence-corrected chi connectivity index (χ2v) is 8.81. The van der Waals surface area contributed by atoms with Crippen LogP contribution in [0.1, 0.15) is 11.1 Å². The molecule has 1 aliphatic heterocycles. The molecule has 1 aromatic heterocycles. The van der Waals surface area contributed by atoms with Crippen LogP contribution < -0.4 is 4.74 Å². The molecule has 0 bridgehead atoms. The van der Waals surface area contributed by atoms with Crippen molar-refractivity contribution in [1.29, 1.82) is 0 Å². The molecule has 2 heterocycles. The summed E-state index contributed by atoms with van der Waals surface area (Å²) in [6.07, 6.45) is 1.60. The van der Waals surface area contributed by atoms with Gasteiger partial charge in [-0.25, -0.2) is 12.4 Å². The quantitative estimate of drug-likeness (QED) is 0.670. The number of halogens is 1. The molecule has 136 valence electrons. The van der Waals surface area contributed by atoms with Gasteiger partial charge >= 0.3 is 0 Å². The molecule has 26 heavy (non-hydrogen) atoms. The lowest BCUT2D eigenvalue weighted by atomic mass is 10.1. The summed E-state index contributed by atoms with van der Waals surface area (Å²) >= 11 is 6.13. The van der Waals surface area contributed by atoms with Crippen molar-refractivity contribution < 1.29 is 13.2 Å². The van der Waals surface area contributed by atoms with E-state index in [1.165, 1.54) is 10.0 Å². The molecule has 1 aliphatic rings. The molecule has 0 saturated heterocycles. The maximum absolute atomic E-state index is 13.1. The van der Waals surface area contributed by atoms with Gasteiger partial charge in [-0.15, -0.1) is 0 Å².